The number of piperidine rings is 3. The summed E-state index contributed by atoms with van der Waals surface area (Å²) in [6, 6.07) is 18.7. The Morgan fingerprint density at radius 2 is 1.70 bits per heavy atom. The number of hydrogen-bond donors (Lipinski definition) is 2. The standard InChI is InChI=1S/C30H29F3N2O5/c31-30(32,33)25-15-19(9-10-24(25)28(36)37)18-39-23-8-4-7-22(16-23)27(21-5-2-1-3-6-21)34-29(38)40-26-17-35-13-11-20(26)12-14-35/h1-10,15-16,20,26-27H,11-14,17-18H2,(H,34,38)(H,36,37)/t26-,27?/m0/s1. The highest BCUT2D eigenvalue weighted by Crippen LogP contribution is 2.34. The minimum absolute atomic E-state index is 0.150. The summed E-state index contributed by atoms with van der Waals surface area (Å²) >= 11 is 0. The van der Waals surface area contributed by atoms with Crippen molar-refractivity contribution in [1.29, 1.82) is 0 Å². The van der Waals surface area contributed by atoms with Gasteiger partial charge in [0, 0.05) is 6.54 Å². The number of alkyl halides is 3. The lowest BCUT2D eigenvalue weighted by atomic mass is 9.86. The first kappa shape index (κ1) is 27.5. The highest BCUT2D eigenvalue weighted by atomic mass is 19.4. The van der Waals surface area contributed by atoms with Gasteiger partial charge in [0.1, 0.15) is 18.5 Å². The molecule has 0 saturated carbocycles. The fraction of sp³-hybridized carbons (Fsp3) is 0.333. The van der Waals surface area contributed by atoms with Gasteiger partial charge in [-0.15, -0.1) is 0 Å². The van der Waals surface area contributed by atoms with Gasteiger partial charge in [-0.1, -0.05) is 48.5 Å². The second-order valence-electron chi connectivity index (χ2n) is 10.1. The lowest BCUT2D eigenvalue weighted by Crippen LogP contribution is -2.52. The van der Waals surface area contributed by atoms with Crippen molar-refractivity contribution in [3.8, 4) is 5.75 Å². The molecule has 1 amide bonds. The molecule has 1 unspecified atom stereocenters. The van der Waals surface area contributed by atoms with E-state index in [0.717, 1.165) is 50.2 Å². The van der Waals surface area contributed by atoms with Gasteiger partial charge in [0.05, 0.1) is 17.2 Å². The lowest BCUT2D eigenvalue weighted by molar-refractivity contribution is -0.138. The number of alkyl carbamates (subject to hydrolysis) is 1. The Hall–Kier alpha value is -4.05. The largest absolute Gasteiger partial charge is 0.489 e. The van der Waals surface area contributed by atoms with Crippen LogP contribution in [0.15, 0.2) is 72.8 Å². The topological polar surface area (TPSA) is 88.1 Å². The van der Waals surface area contributed by atoms with E-state index >= 15 is 0 Å². The predicted octanol–water partition coefficient (Wildman–Crippen LogP) is 5.89. The summed E-state index contributed by atoms with van der Waals surface area (Å²) in [6.45, 7) is 2.60. The van der Waals surface area contributed by atoms with Gasteiger partial charge in [-0.05, 0) is 72.8 Å². The van der Waals surface area contributed by atoms with Crippen molar-refractivity contribution in [2.24, 2.45) is 5.92 Å². The van der Waals surface area contributed by atoms with Crippen LogP contribution < -0.4 is 10.1 Å². The number of amides is 1. The Bertz CT molecular complexity index is 1360. The number of aromatic carboxylic acids is 1. The highest BCUT2D eigenvalue weighted by Gasteiger charge is 2.37. The second kappa shape index (κ2) is 11.6. The average molecular weight is 555 g/mol. The van der Waals surface area contributed by atoms with Gasteiger partial charge in [-0.3, -0.25) is 4.90 Å². The first-order valence-corrected chi connectivity index (χ1v) is 13.1. The van der Waals surface area contributed by atoms with Crippen LogP contribution in [0, 0.1) is 5.92 Å². The number of carboxylic acids is 1. The van der Waals surface area contributed by atoms with Crippen LogP contribution in [0.5, 0.6) is 5.75 Å². The molecule has 40 heavy (non-hydrogen) atoms. The minimum Gasteiger partial charge on any atom is -0.489 e. The molecule has 210 valence electrons. The summed E-state index contributed by atoms with van der Waals surface area (Å²) in [5.41, 5.74) is -0.359. The molecule has 2 atom stereocenters. The number of nitrogens with one attached hydrogen (secondary N) is 1. The van der Waals surface area contributed by atoms with Crippen molar-refractivity contribution in [3.63, 3.8) is 0 Å². The molecule has 10 heteroatoms. The molecule has 6 rings (SSSR count). The molecular formula is C30H29F3N2O5. The number of carbonyl (C=O) groups is 2. The molecule has 2 bridgehead atoms. The molecule has 3 aliphatic heterocycles. The molecular weight excluding hydrogens is 525 g/mol. The van der Waals surface area contributed by atoms with Crippen LogP contribution in [0.4, 0.5) is 18.0 Å². The summed E-state index contributed by atoms with van der Waals surface area (Å²) in [4.78, 5) is 26.5. The molecule has 0 aliphatic carbocycles. The van der Waals surface area contributed by atoms with E-state index in [-0.39, 0.29) is 18.3 Å². The number of benzene rings is 3. The normalized spacial score (nSPS) is 20.9. The number of fused-ring (bicyclic) bond motifs is 3. The Morgan fingerprint density at radius 1 is 0.975 bits per heavy atom. The van der Waals surface area contributed by atoms with Gasteiger partial charge in [0.15, 0.2) is 0 Å². The molecule has 3 aromatic rings. The Morgan fingerprint density at radius 3 is 2.35 bits per heavy atom. The van der Waals surface area contributed by atoms with Crippen molar-refractivity contribution < 1.29 is 37.3 Å². The summed E-state index contributed by atoms with van der Waals surface area (Å²) < 4.78 is 51.8. The van der Waals surface area contributed by atoms with Crippen molar-refractivity contribution in [1.82, 2.24) is 10.2 Å². The Balaban J connectivity index is 1.32. The maximum absolute atomic E-state index is 13.4. The van der Waals surface area contributed by atoms with Gasteiger partial charge in [-0.2, -0.15) is 13.2 Å². The van der Waals surface area contributed by atoms with E-state index in [2.05, 4.69) is 10.2 Å². The monoisotopic (exact) mass is 554 g/mol. The Kier molecular flexibility index (Phi) is 7.97. The molecule has 3 aromatic carbocycles. The van der Waals surface area contributed by atoms with Crippen LogP contribution >= 0.6 is 0 Å². The minimum atomic E-state index is -4.82. The van der Waals surface area contributed by atoms with Crippen molar-refractivity contribution in [2.75, 3.05) is 19.6 Å². The van der Waals surface area contributed by atoms with E-state index in [0.29, 0.717) is 17.2 Å². The van der Waals surface area contributed by atoms with Gasteiger partial charge in [-0.25, -0.2) is 9.59 Å². The van der Waals surface area contributed by atoms with E-state index in [9.17, 15) is 22.8 Å². The maximum atomic E-state index is 13.4. The number of hydrogen-bond acceptors (Lipinski definition) is 5. The Labute approximate surface area is 229 Å². The molecule has 3 saturated heterocycles. The quantitative estimate of drug-likeness (QED) is 0.361. The molecule has 3 fully saturated rings. The van der Waals surface area contributed by atoms with E-state index in [4.69, 9.17) is 14.6 Å². The third-order valence-electron chi connectivity index (χ3n) is 7.47. The maximum Gasteiger partial charge on any atom is 0.417 e. The highest BCUT2D eigenvalue weighted by molar-refractivity contribution is 5.89. The van der Waals surface area contributed by atoms with Crippen LogP contribution in [-0.4, -0.2) is 47.8 Å². The summed E-state index contributed by atoms with van der Waals surface area (Å²) in [5, 5.41) is 12.1. The average Bonchev–Trinajstić information content (AvgIpc) is 2.95. The molecule has 0 radical (unpaired) electrons. The molecule has 3 heterocycles. The number of carbonyl (C=O) groups excluding carboxylic acids is 1. The first-order chi connectivity index (χ1) is 19.2. The molecule has 0 spiro atoms. The summed E-state index contributed by atoms with van der Waals surface area (Å²) in [5.74, 6) is -0.911. The van der Waals surface area contributed by atoms with E-state index in [1.807, 2.05) is 36.4 Å². The SMILES string of the molecule is O=C(NC(c1ccccc1)c1cccc(OCc2ccc(C(=O)O)c(C(F)(F)F)c2)c1)O[C@H]1CN2CCC1CC2. The van der Waals surface area contributed by atoms with Crippen LogP contribution in [-0.2, 0) is 17.5 Å². The van der Waals surface area contributed by atoms with Crippen LogP contribution in [0.2, 0.25) is 0 Å². The van der Waals surface area contributed by atoms with Crippen LogP contribution in [0.1, 0.15) is 51.5 Å². The molecule has 2 N–H and O–H groups in total. The van der Waals surface area contributed by atoms with E-state index < -0.39 is 35.4 Å². The first-order valence-electron chi connectivity index (χ1n) is 13.1. The number of halogens is 3. The molecule has 0 aromatic heterocycles. The number of rotatable bonds is 8. The summed E-state index contributed by atoms with van der Waals surface area (Å²) in [7, 11) is 0. The van der Waals surface area contributed by atoms with E-state index in [1.54, 1.807) is 18.2 Å². The number of carboxylic acid groups (broad SMARTS) is 1. The van der Waals surface area contributed by atoms with Crippen LogP contribution in [0.3, 0.4) is 0 Å². The van der Waals surface area contributed by atoms with Gasteiger partial charge >= 0.3 is 18.2 Å². The number of nitrogens with zero attached hydrogens (tertiary/aromatic N) is 1. The number of ether oxygens (including phenoxy) is 2. The zero-order valence-electron chi connectivity index (χ0n) is 21.6. The van der Waals surface area contributed by atoms with E-state index in [1.165, 1.54) is 6.07 Å². The van der Waals surface area contributed by atoms with Gasteiger partial charge < -0.3 is 19.9 Å². The molecule has 7 nitrogen and oxygen atoms in total. The fourth-order valence-corrected chi connectivity index (χ4v) is 5.39. The zero-order chi connectivity index (χ0) is 28.3. The smallest absolute Gasteiger partial charge is 0.417 e. The second-order valence-corrected chi connectivity index (χ2v) is 10.1. The molecule has 3 aliphatic rings. The van der Waals surface area contributed by atoms with Crippen molar-refractivity contribution in [3.05, 3.63) is 101 Å². The van der Waals surface area contributed by atoms with Crippen molar-refractivity contribution in [2.45, 2.75) is 37.8 Å². The van der Waals surface area contributed by atoms with Crippen LogP contribution in [0.25, 0.3) is 0 Å². The summed E-state index contributed by atoms with van der Waals surface area (Å²) in [6.07, 6.45) is -3.45. The fourth-order valence-electron chi connectivity index (χ4n) is 5.39. The third-order valence-corrected chi connectivity index (χ3v) is 7.47. The van der Waals surface area contributed by atoms with Gasteiger partial charge in [0.2, 0.25) is 0 Å². The zero-order valence-corrected chi connectivity index (χ0v) is 21.6. The third kappa shape index (κ3) is 6.39. The van der Waals surface area contributed by atoms with Gasteiger partial charge in [0.25, 0.3) is 0 Å². The van der Waals surface area contributed by atoms with Crippen molar-refractivity contribution >= 4 is 12.1 Å². The lowest BCUT2D eigenvalue weighted by Gasteiger charge is -2.43. The predicted molar refractivity (Wildman–Crippen MR) is 140 cm³/mol.